The first-order valence-electron chi connectivity index (χ1n) is 6.72. The zero-order valence-corrected chi connectivity index (χ0v) is 11.9. The highest BCUT2D eigenvalue weighted by Crippen LogP contribution is 2.28. The Morgan fingerprint density at radius 3 is 2.55 bits per heavy atom. The van der Waals surface area contributed by atoms with Gasteiger partial charge in [-0.15, -0.1) is 0 Å². The van der Waals surface area contributed by atoms with Crippen LogP contribution in [0.1, 0.15) is 24.4 Å². The van der Waals surface area contributed by atoms with Crippen molar-refractivity contribution in [2.45, 2.75) is 25.8 Å². The van der Waals surface area contributed by atoms with Gasteiger partial charge in [0.05, 0.1) is 5.52 Å². The lowest BCUT2D eigenvalue weighted by Gasteiger charge is -2.22. The third-order valence-corrected chi connectivity index (χ3v) is 3.95. The number of nitrogens with one attached hydrogen (secondary N) is 1. The molecule has 116 valence electrons. The standard InChI is InChI=1S/C14H13F2N3O3/c1-6-5-7(15)10(16)12-11(6)18(2)14(22)19(12)8-3-4-9(20)17-13(8)21/h5,8H,3-4H2,1-2H3,(H,17,20,21). The Kier molecular flexibility index (Phi) is 3.12. The Balaban J connectivity index is 2.35. The van der Waals surface area contributed by atoms with Crippen LogP contribution in [0.25, 0.3) is 11.0 Å². The lowest BCUT2D eigenvalue weighted by Crippen LogP contribution is -2.44. The van der Waals surface area contributed by atoms with E-state index in [0.717, 1.165) is 10.6 Å². The van der Waals surface area contributed by atoms with Gasteiger partial charge in [-0.25, -0.2) is 13.6 Å². The first kappa shape index (κ1) is 14.4. The predicted octanol–water partition coefficient (Wildman–Crippen LogP) is 0.904. The summed E-state index contributed by atoms with van der Waals surface area (Å²) in [5, 5.41) is 2.11. The number of amides is 2. The second-order valence-corrected chi connectivity index (χ2v) is 5.36. The lowest BCUT2D eigenvalue weighted by atomic mass is 10.1. The molecule has 1 atom stereocenters. The van der Waals surface area contributed by atoms with E-state index >= 15 is 0 Å². The van der Waals surface area contributed by atoms with E-state index in [2.05, 4.69) is 5.32 Å². The molecular formula is C14H13F2N3O3. The molecule has 2 heterocycles. The highest BCUT2D eigenvalue weighted by molar-refractivity contribution is 6.00. The molecule has 1 aliphatic heterocycles. The number of carbonyl (C=O) groups is 2. The highest BCUT2D eigenvalue weighted by atomic mass is 19.2. The molecule has 1 N–H and O–H groups in total. The number of fused-ring (bicyclic) bond motifs is 1. The second kappa shape index (κ2) is 4.75. The number of aromatic nitrogens is 2. The van der Waals surface area contributed by atoms with Gasteiger partial charge in [0.2, 0.25) is 11.8 Å². The van der Waals surface area contributed by atoms with E-state index in [1.807, 2.05) is 0 Å². The van der Waals surface area contributed by atoms with Crippen LogP contribution >= 0.6 is 0 Å². The third-order valence-electron chi connectivity index (χ3n) is 3.95. The summed E-state index contributed by atoms with van der Waals surface area (Å²) in [4.78, 5) is 35.6. The molecule has 22 heavy (non-hydrogen) atoms. The molecule has 0 radical (unpaired) electrons. The van der Waals surface area contributed by atoms with Gasteiger partial charge < -0.3 is 0 Å². The van der Waals surface area contributed by atoms with E-state index in [1.54, 1.807) is 6.92 Å². The summed E-state index contributed by atoms with van der Waals surface area (Å²) >= 11 is 0. The lowest BCUT2D eigenvalue weighted by molar-refractivity contribution is -0.135. The van der Waals surface area contributed by atoms with Gasteiger partial charge in [-0.2, -0.15) is 0 Å². The van der Waals surface area contributed by atoms with Crippen LogP contribution in [0.4, 0.5) is 8.78 Å². The topological polar surface area (TPSA) is 73.1 Å². The van der Waals surface area contributed by atoms with Crippen molar-refractivity contribution in [3.05, 3.63) is 33.7 Å². The Morgan fingerprint density at radius 2 is 1.91 bits per heavy atom. The molecule has 2 aromatic rings. The smallest absolute Gasteiger partial charge is 0.295 e. The first-order valence-corrected chi connectivity index (χ1v) is 6.72. The van der Waals surface area contributed by atoms with Crippen molar-refractivity contribution in [3.63, 3.8) is 0 Å². The summed E-state index contributed by atoms with van der Waals surface area (Å²) in [6, 6.07) is -0.0315. The summed E-state index contributed by atoms with van der Waals surface area (Å²) in [6.07, 6.45) is 0.105. The van der Waals surface area contributed by atoms with Crippen LogP contribution in [0.2, 0.25) is 0 Å². The van der Waals surface area contributed by atoms with Crippen molar-refractivity contribution < 1.29 is 18.4 Å². The minimum absolute atomic E-state index is 0.0369. The van der Waals surface area contributed by atoms with Crippen molar-refractivity contribution in [3.8, 4) is 0 Å². The highest BCUT2D eigenvalue weighted by Gasteiger charge is 2.33. The number of carbonyl (C=O) groups excluding carboxylic acids is 2. The van der Waals surface area contributed by atoms with E-state index in [-0.39, 0.29) is 23.9 Å². The molecule has 1 aromatic heterocycles. The van der Waals surface area contributed by atoms with Gasteiger partial charge in [0.25, 0.3) is 0 Å². The molecule has 3 rings (SSSR count). The monoisotopic (exact) mass is 309 g/mol. The largest absolute Gasteiger partial charge is 0.329 e. The molecule has 1 saturated heterocycles. The quantitative estimate of drug-likeness (QED) is 0.796. The normalized spacial score (nSPS) is 18.8. The molecule has 0 aliphatic carbocycles. The molecule has 1 unspecified atom stereocenters. The minimum Gasteiger partial charge on any atom is -0.295 e. The van der Waals surface area contributed by atoms with Crippen molar-refractivity contribution in [2.75, 3.05) is 0 Å². The Morgan fingerprint density at radius 1 is 1.23 bits per heavy atom. The van der Waals surface area contributed by atoms with Crippen LogP contribution in [-0.2, 0) is 16.6 Å². The minimum atomic E-state index is -1.18. The van der Waals surface area contributed by atoms with Gasteiger partial charge >= 0.3 is 5.69 Å². The maximum Gasteiger partial charge on any atom is 0.329 e. The van der Waals surface area contributed by atoms with Gasteiger partial charge in [-0.1, -0.05) is 0 Å². The van der Waals surface area contributed by atoms with E-state index in [4.69, 9.17) is 0 Å². The number of nitrogens with zero attached hydrogens (tertiary/aromatic N) is 2. The molecule has 1 aliphatic rings. The number of imide groups is 1. The van der Waals surface area contributed by atoms with Gasteiger partial charge in [0, 0.05) is 13.5 Å². The maximum atomic E-state index is 14.2. The van der Waals surface area contributed by atoms with E-state index in [1.165, 1.54) is 11.6 Å². The summed E-state index contributed by atoms with van der Waals surface area (Å²) < 4.78 is 30.1. The van der Waals surface area contributed by atoms with Gasteiger partial charge in [0.15, 0.2) is 11.6 Å². The van der Waals surface area contributed by atoms with Crippen LogP contribution < -0.4 is 11.0 Å². The van der Waals surface area contributed by atoms with E-state index in [0.29, 0.717) is 5.56 Å². The van der Waals surface area contributed by atoms with Crippen LogP contribution in [0.5, 0.6) is 0 Å². The van der Waals surface area contributed by atoms with Crippen molar-refractivity contribution >= 4 is 22.8 Å². The van der Waals surface area contributed by atoms with Gasteiger partial charge in [-0.3, -0.25) is 24.0 Å². The SMILES string of the molecule is Cc1cc(F)c(F)c2c1n(C)c(=O)n2C1CCC(=O)NC1=O. The fraction of sp³-hybridized carbons (Fsp3) is 0.357. The van der Waals surface area contributed by atoms with Crippen molar-refractivity contribution in [2.24, 2.45) is 7.05 Å². The van der Waals surface area contributed by atoms with Crippen LogP contribution in [0.15, 0.2) is 10.9 Å². The Labute approximate surface area is 123 Å². The molecule has 0 saturated carbocycles. The Hall–Kier alpha value is -2.51. The average molecular weight is 309 g/mol. The van der Waals surface area contributed by atoms with Crippen molar-refractivity contribution in [1.82, 2.24) is 14.5 Å². The fourth-order valence-electron chi connectivity index (χ4n) is 2.94. The summed E-state index contributed by atoms with van der Waals surface area (Å²) in [7, 11) is 1.43. The number of aryl methyl sites for hydroxylation is 2. The number of piperidine rings is 1. The van der Waals surface area contributed by atoms with Crippen LogP contribution in [-0.4, -0.2) is 20.9 Å². The van der Waals surface area contributed by atoms with Crippen LogP contribution in [0.3, 0.4) is 0 Å². The molecule has 2 amide bonds. The molecule has 8 heteroatoms. The summed E-state index contributed by atoms with van der Waals surface area (Å²) in [5.74, 6) is -3.40. The summed E-state index contributed by atoms with van der Waals surface area (Å²) in [5.41, 5.74) is -0.259. The Bertz CT molecular complexity index is 882. The number of benzene rings is 1. The van der Waals surface area contributed by atoms with Gasteiger partial charge in [-0.05, 0) is 25.0 Å². The average Bonchev–Trinajstić information content (AvgIpc) is 2.70. The molecule has 0 bridgehead atoms. The molecule has 1 fully saturated rings. The second-order valence-electron chi connectivity index (χ2n) is 5.36. The maximum absolute atomic E-state index is 14.2. The van der Waals surface area contributed by atoms with E-state index < -0.39 is 35.2 Å². The molecular weight excluding hydrogens is 296 g/mol. The number of halogens is 2. The number of imidazole rings is 1. The number of hydrogen-bond acceptors (Lipinski definition) is 3. The fourth-order valence-corrected chi connectivity index (χ4v) is 2.94. The predicted molar refractivity (Wildman–Crippen MR) is 73.3 cm³/mol. The molecule has 6 nitrogen and oxygen atoms in total. The third kappa shape index (κ3) is 1.87. The number of hydrogen-bond donors (Lipinski definition) is 1. The first-order chi connectivity index (χ1) is 10.3. The molecule has 0 spiro atoms. The summed E-state index contributed by atoms with van der Waals surface area (Å²) in [6.45, 7) is 1.55. The van der Waals surface area contributed by atoms with Gasteiger partial charge in [0.1, 0.15) is 11.6 Å². The zero-order chi connectivity index (χ0) is 16.2. The van der Waals surface area contributed by atoms with Crippen molar-refractivity contribution in [1.29, 1.82) is 0 Å². The van der Waals surface area contributed by atoms with Crippen LogP contribution in [0, 0.1) is 18.6 Å². The molecule has 1 aromatic carbocycles. The van der Waals surface area contributed by atoms with E-state index in [9.17, 15) is 23.2 Å². The number of rotatable bonds is 1. The zero-order valence-electron chi connectivity index (χ0n) is 11.9.